The molecule has 2 saturated carbocycles. The minimum absolute atomic E-state index is 0.0910. The van der Waals surface area contributed by atoms with Crippen LogP contribution in [0.3, 0.4) is 0 Å². The standard InChI is InChI=1S/C20H34O2/c1-7-19(5,22)12-9-15-14(2)13-16(21)17-18(3,4)10-8-11-20(15,17)6/h7,15-17,21-22H,1-2,8-13H2,3-6H3/t15?,16-,17-,19+,20+/m0/s1. The summed E-state index contributed by atoms with van der Waals surface area (Å²) in [5, 5.41) is 21.0. The topological polar surface area (TPSA) is 40.5 Å². The molecule has 1 unspecified atom stereocenters. The van der Waals surface area contributed by atoms with Crippen molar-refractivity contribution in [1.29, 1.82) is 0 Å². The molecule has 2 N–H and O–H groups in total. The van der Waals surface area contributed by atoms with Crippen molar-refractivity contribution in [3.8, 4) is 0 Å². The van der Waals surface area contributed by atoms with E-state index < -0.39 is 5.60 Å². The van der Waals surface area contributed by atoms with E-state index in [4.69, 9.17) is 0 Å². The molecule has 0 aromatic carbocycles. The summed E-state index contributed by atoms with van der Waals surface area (Å²) in [6.45, 7) is 16.8. The van der Waals surface area contributed by atoms with Crippen LogP contribution < -0.4 is 0 Å². The molecule has 2 rings (SSSR count). The first kappa shape index (κ1) is 17.7. The van der Waals surface area contributed by atoms with Crippen LogP contribution in [-0.4, -0.2) is 21.9 Å². The van der Waals surface area contributed by atoms with E-state index in [0.717, 1.165) is 12.8 Å². The zero-order valence-corrected chi connectivity index (χ0v) is 14.9. The van der Waals surface area contributed by atoms with Crippen molar-refractivity contribution >= 4 is 0 Å². The Bertz CT molecular complexity index is 449. The molecule has 0 amide bonds. The maximum atomic E-state index is 10.7. The van der Waals surface area contributed by atoms with Gasteiger partial charge in [0.2, 0.25) is 0 Å². The number of fused-ring (bicyclic) bond motifs is 1. The lowest BCUT2D eigenvalue weighted by atomic mass is 9.46. The molecule has 0 radical (unpaired) electrons. The number of hydrogen-bond donors (Lipinski definition) is 2. The second kappa shape index (κ2) is 5.79. The fourth-order valence-corrected chi connectivity index (χ4v) is 5.55. The summed E-state index contributed by atoms with van der Waals surface area (Å²) in [4.78, 5) is 0. The van der Waals surface area contributed by atoms with Crippen molar-refractivity contribution in [3.63, 3.8) is 0 Å². The van der Waals surface area contributed by atoms with Crippen LogP contribution in [-0.2, 0) is 0 Å². The lowest BCUT2D eigenvalue weighted by molar-refractivity contribution is -0.123. The molecule has 5 atom stereocenters. The van der Waals surface area contributed by atoms with Crippen LogP contribution in [0.5, 0.6) is 0 Å². The highest BCUT2D eigenvalue weighted by molar-refractivity contribution is 5.18. The van der Waals surface area contributed by atoms with Gasteiger partial charge in [0.05, 0.1) is 11.7 Å². The largest absolute Gasteiger partial charge is 0.392 e. The minimum atomic E-state index is -0.813. The quantitative estimate of drug-likeness (QED) is 0.752. The zero-order chi connectivity index (χ0) is 16.8. The van der Waals surface area contributed by atoms with Crippen LogP contribution in [0.15, 0.2) is 24.8 Å². The molecule has 0 aromatic rings. The predicted molar refractivity (Wildman–Crippen MR) is 92.5 cm³/mol. The molecule has 2 aliphatic carbocycles. The van der Waals surface area contributed by atoms with E-state index in [0.29, 0.717) is 24.7 Å². The fourth-order valence-electron chi connectivity index (χ4n) is 5.55. The van der Waals surface area contributed by atoms with Gasteiger partial charge >= 0.3 is 0 Å². The summed E-state index contributed by atoms with van der Waals surface area (Å²) >= 11 is 0. The van der Waals surface area contributed by atoms with E-state index in [1.165, 1.54) is 18.4 Å². The lowest BCUT2D eigenvalue weighted by Crippen LogP contribution is -2.55. The second-order valence-electron chi connectivity index (χ2n) is 8.91. The van der Waals surface area contributed by atoms with Gasteiger partial charge in [0.25, 0.3) is 0 Å². The first-order valence-electron chi connectivity index (χ1n) is 8.75. The van der Waals surface area contributed by atoms with E-state index in [1.807, 2.05) is 6.92 Å². The second-order valence-corrected chi connectivity index (χ2v) is 8.91. The summed E-state index contributed by atoms with van der Waals surface area (Å²) < 4.78 is 0. The molecule has 2 heteroatoms. The Morgan fingerprint density at radius 3 is 2.55 bits per heavy atom. The van der Waals surface area contributed by atoms with Gasteiger partial charge in [-0.15, -0.1) is 6.58 Å². The third-order valence-corrected chi connectivity index (χ3v) is 6.61. The van der Waals surface area contributed by atoms with Crippen LogP contribution in [0.2, 0.25) is 0 Å². The Morgan fingerprint density at radius 2 is 1.95 bits per heavy atom. The first-order valence-corrected chi connectivity index (χ1v) is 8.75. The molecule has 2 fully saturated rings. The molecule has 2 aliphatic rings. The normalized spacial score (nSPS) is 40.6. The number of rotatable bonds is 4. The van der Waals surface area contributed by atoms with Gasteiger partial charge in [0.15, 0.2) is 0 Å². The molecule has 22 heavy (non-hydrogen) atoms. The summed E-state index contributed by atoms with van der Waals surface area (Å²) in [5.41, 5.74) is 0.621. The Hall–Kier alpha value is -0.600. The van der Waals surface area contributed by atoms with Gasteiger partial charge in [0.1, 0.15) is 0 Å². The Labute approximate surface area is 136 Å². The summed E-state index contributed by atoms with van der Waals surface area (Å²) in [5.74, 6) is 0.699. The molecule has 0 heterocycles. The van der Waals surface area contributed by atoms with E-state index in [2.05, 4.69) is 33.9 Å². The third-order valence-electron chi connectivity index (χ3n) is 6.61. The molecule has 2 nitrogen and oxygen atoms in total. The van der Waals surface area contributed by atoms with Crippen molar-refractivity contribution in [2.24, 2.45) is 22.7 Å². The number of aliphatic hydroxyl groups excluding tert-OH is 1. The van der Waals surface area contributed by atoms with E-state index >= 15 is 0 Å². The van der Waals surface area contributed by atoms with E-state index in [1.54, 1.807) is 6.08 Å². The monoisotopic (exact) mass is 306 g/mol. The van der Waals surface area contributed by atoms with Gasteiger partial charge in [-0.25, -0.2) is 0 Å². The molecular weight excluding hydrogens is 272 g/mol. The predicted octanol–water partition coefficient (Wildman–Crippen LogP) is 4.47. The van der Waals surface area contributed by atoms with Crippen molar-refractivity contribution in [2.45, 2.75) is 77.9 Å². The molecular formula is C20H34O2. The molecule has 0 aromatic heterocycles. The smallest absolute Gasteiger partial charge is 0.0797 e. The highest BCUT2D eigenvalue weighted by atomic mass is 16.3. The molecule has 0 spiro atoms. The molecule has 0 saturated heterocycles. The van der Waals surface area contributed by atoms with Crippen LogP contribution in [0.1, 0.15) is 66.2 Å². The van der Waals surface area contributed by atoms with Gasteiger partial charge in [0, 0.05) is 0 Å². The zero-order valence-electron chi connectivity index (χ0n) is 14.9. The average Bonchev–Trinajstić information content (AvgIpc) is 2.36. The van der Waals surface area contributed by atoms with Crippen LogP contribution in [0.25, 0.3) is 0 Å². The lowest BCUT2D eigenvalue weighted by Gasteiger charge is -2.59. The van der Waals surface area contributed by atoms with Gasteiger partial charge in [-0.1, -0.05) is 45.4 Å². The van der Waals surface area contributed by atoms with E-state index in [9.17, 15) is 10.2 Å². The van der Waals surface area contributed by atoms with Crippen LogP contribution >= 0.6 is 0 Å². The SMILES string of the molecule is C=C[C@@](C)(O)CCC1C(=C)C[C@H](O)[C@H]2C(C)(C)CCC[C@]12C. The van der Waals surface area contributed by atoms with Crippen molar-refractivity contribution < 1.29 is 10.2 Å². The highest BCUT2D eigenvalue weighted by Gasteiger charge is 2.56. The van der Waals surface area contributed by atoms with Gasteiger partial charge in [-0.05, 0) is 61.7 Å². The Balaban J connectivity index is 2.28. The maximum absolute atomic E-state index is 10.7. The summed E-state index contributed by atoms with van der Waals surface area (Å²) in [7, 11) is 0. The third kappa shape index (κ3) is 3.05. The number of hydrogen-bond acceptors (Lipinski definition) is 2. The molecule has 126 valence electrons. The molecule has 0 bridgehead atoms. The summed E-state index contributed by atoms with van der Waals surface area (Å²) in [6, 6.07) is 0. The average molecular weight is 306 g/mol. The van der Waals surface area contributed by atoms with E-state index in [-0.39, 0.29) is 16.9 Å². The maximum Gasteiger partial charge on any atom is 0.0797 e. The Kier molecular flexibility index (Phi) is 4.68. The van der Waals surface area contributed by atoms with Gasteiger partial charge in [-0.3, -0.25) is 0 Å². The van der Waals surface area contributed by atoms with Crippen molar-refractivity contribution in [2.75, 3.05) is 0 Å². The Morgan fingerprint density at radius 1 is 1.32 bits per heavy atom. The fraction of sp³-hybridized carbons (Fsp3) is 0.800. The van der Waals surface area contributed by atoms with Crippen LogP contribution in [0, 0.1) is 22.7 Å². The van der Waals surface area contributed by atoms with Crippen molar-refractivity contribution in [3.05, 3.63) is 24.8 Å². The van der Waals surface area contributed by atoms with Crippen LogP contribution in [0.4, 0.5) is 0 Å². The molecule has 0 aliphatic heterocycles. The summed E-state index contributed by atoms with van der Waals surface area (Å²) in [6.07, 6.45) is 7.26. The first-order chi connectivity index (χ1) is 10.0. The number of aliphatic hydroxyl groups is 2. The van der Waals surface area contributed by atoms with Gasteiger partial charge in [-0.2, -0.15) is 0 Å². The van der Waals surface area contributed by atoms with Gasteiger partial charge < -0.3 is 10.2 Å². The highest BCUT2D eigenvalue weighted by Crippen LogP contribution is 2.61. The minimum Gasteiger partial charge on any atom is -0.392 e. The van der Waals surface area contributed by atoms with Crippen molar-refractivity contribution in [1.82, 2.24) is 0 Å².